The molecule has 32 heavy (non-hydrogen) atoms. The number of carbonyl (C=O) groups is 4. The Balaban J connectivity index is 0. The Hall–Kier alpha value is -2.32. The van der Waals surface area contributed by atoms with Crippen molar-refractivity contribution >= 4 is 23.8 Å². The van der Waals surface area contributed by atoms with Crippen molar-refractivity contribution in [2.45, 2.75) is 68.2 Å². The minimum absolute atomic E-state index is 0.00223. The van der Waals surface area contributed by atoms with Crippen LogP contribution in [0.5, 0.6) is 0 Å². The molecule has 0 radical (unpaired) electrons. The van der Waals surface area contributed by atoms with E-state index in [1.807, 2.05) is 41.5 Å². The molecule has 4 N–H and O–H groups in total. The largest absolute Gasteiger partial charge is 0.356 e. The number of amides is 5. The van der Waals surface area contributed by atoms with E-state index >= 15 is 0 Å². The molecule has 9 heteroatoms. The Morgan fingerprint density at radius 1 is 0.906 bits per heavy atom. The molecule has 0 aromatic carbocycles. The lowest BCUT2D eigenvalue weighted by molar-refractivity contribution is -0.124. The maximum absolute atomic E-state index is 11.2. The van der Waals surface area contributed by atoms with E-state index in [4.69, 9.17) is 0 Å². The quantitative estimate of drug-likeness (QED) is 0.468. The molecule has 2 fully saturated rings. The van der Waals surface area contributed by atoms with Gasteiger partial charge in [-0.1, -0.05) is 55.4 Å². The Morgan fingerprint density at radius 2 is 1.47 bits per heavy atom. The van der Waals surface area contributed by atoms with Crippen molar-refractivity contribution in [3.05, 3.63) is 0 Å². The lowest BCUT2D eigenvalue weighted by Crippen LogP contribution is -2.38. The Kier molecular flexibility index (Phi) is 19.3. The van der Waals surface area contributed by atoms with Gasteiger partial charge in [-0.05, 0) is 12.3 Å². The number of hydrogen-bond acceptors (Lipinski definition) is 4. The molecular formula is C23H47N5O4. The van der Waals surface area contributed by atoms with Crippen molar-refractivity contribution < 1.29 is 19.2 Å². The van der Waals surface area contributed by atoms with E-state index < -0.39 is 0 Å². The molecule has 0 spiro atoms. The zero-order chi connectivity index (χ0) is 25.1. The van der Waals surface area contributed by atoms with Crippen LogP contribution < -0.4 is 21.3 Å². The van der Waals surface area contributed by atoms with Crippen LogP contribution in [-0.2, 0) is 14.4 Å². The molecule has 2 rings (SSSR count). The third-order valence-corrected chi connectivity index (χ3v) is 4.26. The van der Waals surface area contributed by atoms with Crippen LogP contribution in [-0.4, -0.2) is 67.9 Å². The number of urea groups is 1. The van der Waals surface area contributed by atoms with E-state index in [0.717, 1.165) is 32.5 Å². The van der Waals surface area contributed by atoms with Crippen LogP contribution in [0.4, 0.5) is 4.79 Å². The molecule has 0 aromatic heterocycles. The first-order chi connectivity index (χ1) is 15.0. The smallest absolute Gasteiger partial charge is 0.317 e. The van der Waals surface area contributed by atoms with E-state index in [9.17, 15) is 19.2 Å². The van der Waals surface area contributed by atoms with Crippen molar-refractivity contribution in [2.24, 2.45) is 17.8 Å². The predicted octanol–water partition coefficient (Wildman–Crippen LogP) is 2.12. The molecule has 2 aliphatic rings. The molecule has 0 saturated carbocycles. The molecule has 0 aromatic rings. The fourth-order valence-electron chi connectivity index (χ4n) is 2.32. The summed E-state index contributed by atoms with van der Waals surface area (Å²) in [6.45, 7) is 19.9. The van der Waals surface area contributed by atoms with Crippen molar-refractivity contribution in [1.29, 1.82) is 0 Å². The number of carbonyl (C=O) groups excluding carboxylic acids is 4. The molecule has 0 bridgehead atoms. The summed E-state index contributed by atoms with van der Waals surface area (Å²) >= 11 is 0. The average Bonchev–Trinajstić information content (AvgIpc) is 3.39. The molecule has 5 amide bonds. The van der Waals surface area contributed by atoms with E-state index in [0.29, 0.717) is 25.6 Å². The third-order valence-electron chi connectivity index (χ3n) is 4.26. The predicted molar refractivity (Wildman–Crippen MR) is 129 cm³/mol. The second kappa shape index (κ2) is 19.4. The van der Waals surface area contributed by atoms with Gasteiger partial charge in [0.25, 0.3) is 0 Å². The van der Waals surface area contributed by atoms with Gasteiger partial charge in [0, 0.05) is 57.5 Å². The van der Waals surface area contributed by atoms with Crippen molar-refractivity contribution in [1.82, 2.24) is 26.2 Å². The normalized spacial score (nSPS) is 14.4. The van der Waals surface area contributed by atoms with Crippen molar-refractivity contribution in [2.75, 3.05) is 39.3 Å². The fraction of sp³-hybridized carbons (Fsp3) is 0.826. The van der Waals surface area contributed by atoms with Crippen LogP contribution in [0.2, 0.25) is 0 Å². The summed E-state index contributed by atoms with van der Waals surface area (Å²) in [6.07, 6.45) is 1.76. The minimum atomic E-state index is -0.0382. The second-order valence-electron chi connectivity index (χ2n) is 8.41. The van der Waals surface area contributed by atoms with Gasteiger partial charge in [0.15, 0.2) is 0 Å². The van der Waals surface area contributed by atoms with E-state index in [2.05, 4.69) is 35.1 Å². The van der Waals surface area contributed by atoms with Crippen molar-refractivity contribution in [3.63, 3.8) is 0 Å². The minimum Gasteiger partial charge on any atom is -0.356 e. The highest BCUT2D eigenvalue weighted by molar-refractivity contribution is 5.79. The molecule has 188 valence electrons. The number of nitrogens with one attached hydrogen (secondary N) is 4. The van der Waals surface area contributed by atoms with Crippen LogP contribution >= 0.6 is 0 Å². The first-order valence-corrected chi connectivity index (χ1v) is 11.9. The molecular weight excluding hydrogens is 410 g/mol. The molecule has 2 aliphatic heterocycles. The van der Waals surface area contributed by atoms with Crippen LogP contribution in [0.25, 0.3) is 0 Å². The Labute approximate surface area is 194 Å². The topological polar surface area (TPSA) is 120 Å². The zero-order valence-corrected chi connectivity index (χ0v) is 21.5. The van der Waals surface area contributed by atoms with Crippen LogP contribution in [0.1, 0.15) is 68.2 Å². The zero-order valence-electron chi connectivity index (χ0n) is 21.5. The van der Waals surface area contributed by atoms with Gasteiger partial charge in [0.05, 0.1) is 0 Å². The van der Waals surface area contributed by atoms with Crippen LogP contribution in [0.15, 0.2) is 0 Å². The summed E-state index contributed by atoms with van der Waals surface area (Å²) in [5.41, 5.74) is 0. The molecule has 0 unspecified atom stereocenters. The van der Waals surface area contributed by atoms with Crippen LogP contribution in [0.3, 0.4) is 0 Å². The van der Waals surface area contributed by atoms with Crippen LogP contribution in [0, 0.1) is 17.8 Å². The van der Waals surface area contributed by atoms with Crippen molar-refractivity contribution in [3.8, 4) is 0 Å². The van der Waals surface area contributed by atoms with E-state index in [1.54, 1.807) is 4.90 Å². The number of rotatable bonds is 7. The Bertz CT molecular complexity index is 543. The summed E-state index contributed by atoms with van der Waals surface area (Å²) in [4.78, 5) is 45.0. The number of nitrogens with zero attached hydrogens (tertiary/aromatic N) is 1. The summed E-state index contributed by atoms with van der Waals surface area (Å²) in [6, 6.07) is -0.0382. The summed E-state index contributed by atoms with van der Waals surface area (Å²) in [5, 5.41) is 11.0. The highest BCUT2D eigenvalue weighted by atomic mass is 16.2. The second-order valence-corrected chi connectivity index (χ2v) is 8.41. The maximum atomic E-state index is 11.2. The summed E-state index contributed by atoms with van der Waals surface area (Å²) < 4.78 is 0. The molecule has 9 nitrogen and oxygen atoms in total. The van der Waals surface area contributed by atoms with Gasteiger partial charge in [-0.25, -0.2) is 4.79 Å². The highest BCUT2D eigenvalue weighted by Crippen LogP contribution is 1.96. The van der Waals surface area contributed by atoms with Gasteiger partial charge >= 0.3 is 6.03 Å². The summed E-state index contributed by atoms with van der Waals surface area (Å²) in [5.74, 6) is 1.04. The van der Waals surface area contributed by atoms with Gasteiger partial charge in [-0.3, -0.25) is 14.4 Å². The van der Waals surface area contributed by atoms with E-state index in [1.165, 1.54) is 0 Å². The average molecular weight is 458 g/mol. The van der Waals surface area contributed by atoms with Gasteiger partial charge in [-0.15, -0.1) is 0 Å². The monoisotopic (exact) mass is 457 g/mol. The third kappa shape index (κ3) is 17.4. The van der Waals surface area contributed by atoms with Gasteiger partial charge in [0.1, 0.15) is 0 Å². The van der Waals surface area contributed by atoms with Gasteiger partial charge in [-0.2, -0.15) is 0 Å². The molecule has 0 atom stereocenters. The summed E-state index contributed by atoms with van der Waals surface area (Å²) in [7, 11) is 0. The fourth-order valence-corrected chi connectivity index (χ4v) is 2.32. The first-order valence-electron chi connectivity index (χ1n) is 11.9. The lowest BCUT2D eigenvalue weighted by Gasteiger charge is -2.14. The number of hydrogen-bond donors (Lipinski definition) is 4. The van der Waals surface area contributed by atoms with Gasteiger partial charge in [0.2, 0.25) is 17.7 Å². The molecule has 0 aliphatic carbocycles. The SMILES string of the molecule is CC.CC(C)C(=O)NCCN1CCNC1=O.CC(C)CNC(=O)C(C)C.O=C1CCCN1. The van der Waals surface area contributed by atoms with E-state index in [-0.39, 0.29) is 35.6 Å². The lowest BCUT2D eigenvalue weighted by atomic mass is 10.2. The maximum Gasteiger partial charge on any atom is 0.317 e. The standard InChI is InChI=1S/C9H17N3O2.C8H17NO.C4H7NO.C2H6/c1-7(2)8(13)10-3-5-12-6-4-11-9(12)14;1-6(2)5-9-8(10)7(3)4;6-4-2-1-3-5-4;1-2/h7H,3-6H2,1-2H3,(H,10,13)(H,11,14);6-7H,5H2,1-4H3,(H,9,10);1-3H2,(H,5,6);1-2H3. The van der Waals surface area contributed by atoms with Gasteiger partial charge < -0.3 is 26.2 Å². The molecule has 2 saturated heterocycles. The highest BCUT2D eigenvalue weighted by Gasteiger charge is 2.18. The first kappa shape index (κ1) is 31.9. The molecule has 2 heterocycles. The Morgan fingerprint density at radius 3 is 1.81 bits per heavy atom.